The standard InChI is InChI=1S/C20H24BrNO3S/c1-14-20(2,3)19-16-8-7-9-18(26(23,24)25)15(16)10-11-17(19)22(14)13-6-4-5-12-21/h7-11H,4-6,12-13H2,1-3H3. The largest absolute Gasteiger partial charge is 0.744 e. The van der Waals surface area contributed by atoms with Gasteiger partial charge in [-0.2, -0.15) is 4.58 Å². The Bertz CT molecular complexity index is 994. The van der Waals surface area contributed by atoms with Crippen molar-refractivity contribution in [2.24, 2.45) is 0 Å². The molecule has 0 radical (unpaired) electrons. The summed E-state index contributed by atoms with van der Waals surface area (Å²) in [6.45, 7) is 7.42. The highest BCUT2D eigenvalue weighted by molar-refractivity contribution is 9.09. The predicted octanol–water partition coefficient (Wildman–Crippen LogP) is 4.71. The van der Waals surface area contributed by atoms with Crippen molar-refractivity contribution in [3.8, 4) is 0 Å². The van der Waals surface area contributed by atoms with E-state index in [1.807, 2.05) is 12.1 Å². The van der Waals surface area contributed by atoms with E-state index < -0.39 is 10.1 Å². The third-order valence-electron chi connectivity index (χ3n) is 5.51. The van der Waals surface area contributed by atoms with E-state index in [0.29, 0.717) is 5.39 Å². The Kier molecular flexibility index (Phi) is 5.30. The van der Waals surface area contributed by atoms with Gasteiger partial charge in [0, 0.05) is 30.3 Å². The lowest BCUT2D eigenvalue weighted by Crippen LogP contribution is -2.27. The van der Waals surface area contributed by atoms with Crippen molar-refractivity contribution in [3.05, 3.63) is 35.9 Å². The molecule has 0 aliphatic carbocycles. The summed E-state index contributed by atoms with van der Waals surface area (Å²) in [5.74, 6) is 0. The molecule has 0 amide bonds. The summed E-state index contributed by atoms with van der Waals surface area (Å²) in [7, 11) is -4.51. The Hall–Kier alpha value is -1.24. The lowest BCUT2D eigenvalue weighted by atomic mass is 9.80. The Morgan fingerprint density at radius 2 is 1.81 bits per heavy atom. The van der Waals surface area contributed by atoms with Crippen LogP contribution in [0, 0.1) is 0 Å². The number of hydrogen-bond acceptors (Lipinski definition) is 3. The lowest BCUT2D eigenvalue weighted by molar-refractivity contribution is -0.439. The molecule has 140 valence electrons. The summed E-state index contributed by atoms with van der Waals surface area (Å²) < 4.78 is 37.3. The van der Waals surface area contributed by atoms with Crippen molar-refractivity contribution in [2.75, 3.05) is 11.9 Å². The number of rotatable bonds is 6. The van der Waals surface area contributed by atoms with Crippen molar-refractivity contribution in [1.82, 2.24) is 0 Å². The van der Waals surface area contributed by atoms with Gasteiger partial charge in [-0.05, 0) is 49.6 Å². The average Bonchev–Trinajstić information content (AvgIpc) is 2.77. The first-order valence-corrected chi connectivity index (χ1v) is 11.4. The molecule has 0 bridgehead atoms. The monoisotopic (exact) mass is 437 g/mol. The van der Waals surface area contributed by atoms with E-state index in [2.05, 4.69) is 41.3 Å². The van der Waals surface area contributed by atoms with E-state index in [1.54, 1.807) is 12.1 Å². The van der Waals surface area contributed by atoms with Crippen molar-refractivity contribution in [2.45, 2.75) is 50.3 Å². The molecule has 0 saturated carbocycles. The molecule has 4 nitrogen and oxygen atoms in total. The maximum Gasteiger partial charge on any atom is 0.210 e. The van der Waals surface area contributed by atoms with Gasteiger partial charge < -0.3 is 4.55 Å². The van der Waals surface area contributed by atoms with Crippen LogP contribution in [0.2, 0.25) is 0 Å². The normalized spacial score (nSPS) is 16.3. The molecule has 1 heterocycles. The second kappa shape index (κ2) is 7.06. The quantitative estimate of drug-likeness (QED) is 0.284. The highest BCUT2D eigenvalue weighted by Crippen LogP contribution is 2.44. The van der Waals surface area contributed by atoms with Gasteiger partial charge in [0.15, 0.2) is 5.71 Å². The molecule has 0 atom stereocenters. The SMILES string of the molecule is CC1=[N+](CCCCCBr)c2ccc3c(S(=O)(=O)[O-])cccc3c2C1(C)C. The van der Waals surface area contributed by atoms with Gasteiger partial charge in [-0.3, -0.25) is 0 Å². The van der Waals surface area contributed by atoms with Crippen molar-refractivity contribution in [1.29, 1.82) is 0 Å². The molecule has 1 aliphatic heterocycles. The average molecular weight is 438 g/mol. The number of fused-ring (bicyclic) bond motifs is 3. The van der Waals surface area contributed by atoms with Crippen LogP contribution in [0.3, 0.4) is 0 Å². The molecule has 2 aromatic carbocycles. The van der Waals surface area contributed by atoms with E-state index in [0.717, 1.165) is 47.8 Å². The molecule has 1 aliphatic rings. The van der Waals surface area contributed by atoms with Crippen LogP contribution in [0.15, 0.2) is 35.2 Å². The van der Waals surface area contributed by atoms with Crippen LogP contribution in [-0.4, -0.2) is 35.1 Å². The molecule has 2 aromatic rings. The topological polar surface area (TPSA) is 60.2 Å². The molecule has 3 rings (SSSR count). The van der Waals surface area contributed by atoms with E-state index >= 15 is 0 Å². The molecule has 6 heteroatoms. The van der Waals surface area contributed by atoms with Crippen molar-refractivity contribution >= 4 is 48.2 Å². The van der Waals surface area contributed by atoms with E-state index in [9.17, 15) is 13.0 Å². The fourth-order valence-electron chi connectivity index (χ4n) is 3.95. The Morgan fingerprint density at radius 1 is 1.08 bits per heavy atom. The van der Waals surface area contributed by atoms with E-state index in [-0.39, 0.29) is 10.3 Å². The first-order chi connectivity index (χ1) is 12.2. The van der Waals surface area contributed by atoms with Gasteiger partial charge in [0.05, 0.1) is 10.3 Å². The second-order valence-corrected chi connectivity index (χ2v) is 9.52. The minimum absolute atomic E-state index is 0.137. The molecule has 0 unspecified atom stereocenters. The Morgan fingerprint density at radius 3 is 2.46 bits per heavy atom. The molecular formula is C20H24BrNO3S. The van der Waals surface area contributed by atoms with Gasteiger partial charge in [0.2, 0.25) is 5.69 Å². The van der Waals surface area contributed by atoms with Crippen molar-refractivity contribution < 1.29 is 17.5 Å². The van der Waals surface area contributed by atoms with Gasteiger partial charge in [-0.15, -0.1) is 0 Å². The van der Waals surface area contributed by atoms with Gasteiger partial charge in [-0.25, -0.2) is 8.42 Å². The number of halogens is 1. The molecule has 0 spiro atoms. The zero-order chi connectivity index (χ0) is 19.1. The summed E-state index contributed by atoms with van der Waals surface area (Å²) in [6.07, 6.45) is 3.42. The molecule has 0 aromatic heterocycles. The summed E-state index contributed by atoms with van der Waals surface area (Å²) in [5.41, 5.74) is 3.28. The first-order valence-electron chi connectivity index (χ1n) is 8.89. The van der Waals surface area contributed by atoms with Gasteiger partial charge in [0.25, 0.3) is 0 Å². The molecule has 0 saturated heterocycles. The molecular weight excluding hydrogens is 414 g/mol. The summed E-state index contributed by atoms with van der Waals surface area (Å²) in [5, 5.41) is 2.39. The first kappa shape index (κ1) is 19.5. The number of hydrogen-bond donors (Lipinski definition) is 0. The highest BCUT2D eigenvalue weighted by atomic mass is 79.9. The minimum atomic E-state index is -4.51. The summed E-state index contributed by atoms with van der Waals surface area (Å²) in [6, 6.07) is 8.73. The van der Waals surface area contributed by atoms with Gasteiger partial charge in [-0.1, -0.05) is 28.1 Å². The Balaban J connectivity index is 2.16. The predicted molar refractivity (Wildman–Crippen MR) is 108 cm³/mol. The van der Waals surface area contributed by atoms with Crippen LogP contribution < -0.4 is 0 Å². The lowest BCUT2D eigenvalue weighted by Gasteiger charge is -2.18. The van der Waals surface area contributed by atoms with Crippen LogP contribution >= 0.6 is 15.9 Å². The molecule has 26 heavy (non-hydrogen) atoms. The van der Waals surface area contributed by atoms with Crippen LogP contribution in [0.4, 0.5) is 5.69 Å². The number of benzene rings is 2. The highest BCUT2D eigenvalue weighted by Gasteiger charge is 2.44. The smallest absolute Gasteiger partial charge is 0.210 e. The summed E-state index contributed by atoms with van der Waals surface area (Å²) in [4.78, 5) is -0.137. The zero-order valence-electron chi connectivity index (χ0n) is 15.4. The maximum absolute atomic E-state index is 11.7. The number of nitrogens with zero attached hydrogens (tertiary/aromatic N) is 1. The fourth-order valence-corrected chi connectivity index (χ4v) is 5.03. The molecule has 0 fully saturated rings. The second-order valence-electron chi connectivity index (χ2n) is 7.38. The third-order valence-corrected chi connectivity index (χ3v) is 6.96. The van der Waals surface area contributed by atoms with Crippen LogP contribution in [0.25, 0.3) is 10.8 Å². The summed E-state index contributed by atoms with van der Waals surface area (Å²) >= 11 is 3.48. The van der Waals surface area contributed by atoms with E-state index in [1.165, 1.54) is 11.8 Å². The third kappa shape index (κ3) is 3.23. The van der Waals surface area contributed by atoms with Crippen LogP contribution in [0.1, 0.15) is 45.6 Å². The van der Waals surface area contributed by atoms with E-state index in [4.69, 9.17) is 0 Å². The zero-order valence-corrected chi connectivity index (χ0v) is 17.8. The number of unbranched alkanes of at least 4 members (excludes halogenated alkanes) is 2. The number of alkyl halides is 1. The van der Waals surface area contributed by atoms with Gasteiger partial charge in [0.1, 0.15) is 16.7 Å². The fraction of sp³-hybridized carbons (Fsp3) is 0.450. The maximum atomic E-state index is 11.7. The van der Waals surface area contributed by atoms with Crippen molar-refractivity contribution in [3.63, 3.8) is 0 Å². The van der Waals surface area contributed by atoms with Crippen LogP contribution in [0.5, 0.6) is 0 Å². The minimum Gasteiger partial charge on any atom is -0.744 e. The van der Waals surface area contributed by atoms with Crippen LogP contribution in [-0.2, 0) is 15.5 Å². The Labute approximate surface area is 163 Å². The van der Waals surface area contributed by atoms with Gasteiger partial charge >= 0.3 is 0 Å². The molecule has 0 N–H and O–H groups in total.